The molecule has 8 heteroatoms. The van der Waals surface area contributed by atoms with Crippen molar-refractivity contribution in [1.29, 1.82) is 0 Å². The molecule has 0 saturated carbocycles. The van der Waals surface area contributed by atoms with Crippen LogP contribution in [0, 0.1) is 5.82 Å². The van der Waals surface area contributed by atoms with Gasteiger partial charge in [0.1, 0.15) is 17.3 Å². The topological polar surface area (TPSA) is 67.8 Å². The number of carbonyl (C=O) groups excluding carboxylic acids is 1. The lowest BCUT2D eigenvalue weighted by Crippen LogP contribution is -2.38. The van der Waals surface area contributed by atoms with E-state index in [0.717, 1.165) is 24.2 Å². The van der Waals surface area contributed by atoms with Crippen LogP contribution in [0.1, 0.15) is 32.7 Å². The van der Waals surface area contributed by atoms with Crippen LogP contribution in [-0.2, 0) is 25.9 Å². The Bertz CT molecular complexity index is 1510. The molecule has 0 spiro atoms. The Morgan fingerprint density at radius 3 is 2.55 bits per heavy atom. The molecule has 0 fully saturated rings. The van der Waals surface area contributed by atoms with E-state index in [1.165, 1.54) is 23.3 Å². The van der Waals surface area contributed by atoms with E-state index in [0.29, 0.717) is 48.4 Å². The average Bonchev–Trinajstić information content (AvgIpc) is 2.96. The van der Waals surface area contributed by atoms with Crippen LogP contribution >= 0.6 is 0 Å². The van der Waals surface area contributed by atoms with E-state index in [9.17, 15) is 9.18 Å². The number of ether oxygens (including phenoxy) is 2. The summed E-state index contributed by atoms with van der Waals surface area (Å²) in [5, 5.41) is 0. The SMILES string of the molecule is COc1ccccc1C(=O)N1CCc2nc(N3CCc4ccccc4C3)nc(Oc3cccc(F)c3)c2C1. The Kier molecular flexibility index (Phi) is 6.37. The fraction of sp³-hybridized carbons (Fsp3) is 0.233. The van der Waals surface area contributed by atoms with Crippen molar-refractivity contribution in [3.8, 4) is 17.4 Å². The summed E-state index contributed by atoms with van der Waals surface area (Å²) in [6.07, 6.45) is 1.45. The quantitative estimate of drug-likeness (QED) is 0.369. The molecule has 6 rings (SSSR count). The molecule has 4 aromatic rings. The number of aromatic nitrogens is 2. The number of amides is 1. The average molecular weight is 511 g/mol. The molecule has 3 aromatic carbocycles. The molecule has 0 saturated heterocycles. The van der Waals surface area contributed by atoms with Crippen molar-refractivity contribution < 1.29 is 18.7 Å². The van der Waals surface area contributed by atoms with Crippen molar-refractivity contribution in [2.24, 2.45) is 0 Å². The molecule has 0 radical (unpaired) electrons. The van der Waals surface area contributed by atoms with Gasteiger partial charge in [-0.2, -0.15) is 4.98 Å². The molecule has 0 atom stereocenters. The predicted octanol–water partition coefficient (Wildman–Crippen LogP) is 5.18. The third-order valence-electron chi connectivity index (χ3n) is 7.06. The van der Waals surface area contributed by atoms with Gasteiger partial charge in [-0.15, -0.1) is 0 Å². The number of anilines is 1. The smallest absolute Gasteiger partial charge is 0.257 e. The number of para-hydroxylation sites is 1. The number of carbonyl (C=O) groups is 1. The third-order valence-corrected chi connectivity index (χ3v) is 7.06. The van der Waals surface area contributed by atoms with Crippen LogP contribution in [0.4, 0.5) is 10.3 Å². The first-order valence-corrected chi connectivity index (χ1v) is 12.7. The second-order valence-electron chi connectivity index (χ2n) is 9.43. The zero-order chi connectivity index (χ0) is 26.1. The van der Waals surface area contributed by atoms with E-state index in [2.05, 4.69) is 23.1 Å². The van der Waals surface area contributed by atoms with Crippen LogP contribution in [0.2, 0.25) is 0 Å². The van der Waals surface area contributed by atoms with Crippen molar-refractivity contribution in [1.82, 2.24) is 14.9 Å². The number of benzene rings is 3. The van der Waals surface area contributed by atoms with Crippen molar-refractivity contribution in [3.63, 3.8) is 0 Å². The molecule has 2 aliphatic heterocycles. The Labute approximate surface area is 220 Å². The highest BCUT2D eigenvalue weighted by molar-refractivity contribution is 5.97. The van der Waals surface area contributed by atoms with Crippen LogP contribution in [0.25, 0.3) is 0 Å². The van der Waals surface area contributed by atoms with Gasteiger partial charge in [-0.1, -0.05) is 42.5 Å². The molecule has 1 amide bonds. The third kappa shape index (κ3) is 4.65. The highest BCUT2D eigenvalue weighted by atomic mass is 19.1. The van der Waals surface area contributed by atoms with E-state index in [1.54, 1.807) is 36.3 Å². The first-order chi connectivity index (χ1) is 18.6. The van der Waals surface area contributed by atoms with E-state index in [-0.39, 0.29) is 12.5 Å². The summed E-state index contributed by atoms with van der Waals surface area (Å²) in [5.41, 5.74) is 4.65. The Morgan fingerprint density at radius 2 is 1.71 bits per heavy atom. The number of fused-ring (bicyclic) bond motifs is 2. The first-order valence-electron chi connectivity index (χ1n) is 12.7. The molecule has 1 aromatic heterocycles. The molecule has 2 aliphatic rings. The van der Waals surface area contributed by atoms with E-state index < -0.39 is 5.82 Å². The highest BCUT2D eigenvalue weighted by Crippen LogP contribution is 2.34. The van der Waals surface area contributed by atoms with Crippen LogP contribution in [0.15, 0.2) is 72.8 Å². The van der Waals surface area contributed by atoms with E-state index >= 15 is 0 Å². The molecule has 192 valence electrons. The zero-order valence-electron chi connectivity index (χ0n) is 21.1. The number of methoxy groups -OCH3 is 1. The zero-order valence-corrected chi connectivity index (χ0v) is 21.1. The summed E-state index contributed by atoms with van der Waals surface area (Å²) in [6, 6.07) is 21.6. The highest BCUT2D eigenvalue weighted by Gasteiger charge is 2.30. The molecular weight excluding hydrogens is 483 g/mol. The van der Waals surface area contributed by atoms with Crippen molar-refractivity contribution >= 4 is 11.9 Å². The van der Waals surface area contributed by atoms with Gasteiger partial charge in [-0.05, 0) is 41.8 Å². The maximum Gasteiger partial charge on any atom is 0.257 e. The van der Waals surface area contributed by atoms with Crippen molar-refractivity contribution in [2.45, 2.75) is 25.9 Å². The lowest BCUT2D eigenvalue weighted by Gasteiger charge is -2.32. The molecule has 0 unspecified atom stereocenters. The Balaban J connectivity index is 1.35. The summed E-state index contributed by atoms with van der Waals surface area (Å²) in [7, 11) is 1.55. The molecular formula is C30H27FN4O3. The molecule has 7 nitrogen and oxygen atoms in total. The fourth-order valence-electron chi connectivity index (χ4n) is 5.07. The maximum absolute atomic E-state index is 14.0. The molecule has 3 heterocycles. The van der Waals surface area contributed by atoms with Gasteiger partial charge in [-0.3, -0.25) is 4.79 Å². The fourth-order valence-corrected chi connectivity index (χ4v) is 5.07. The Hall–Kier alpha value is -4.46. The van der Waals surface area contributed by atoms with Gasteiger partial charge in [0.25, 0.3) is 5.91 Å². The second-order valence-corrected chi connectivity index (χ2v) is 9.43. The predicted molar refractivity (Wildman–Crippen MR) is 141 cm³/mol. The number of hydrogen-bond donors (Lipinski definition) is 0. The van der Waals surface area contributed by atoms with Gasteiger partial charge >= 0.3 is 0 Å². The normalized spacial score (nSPS) is 14.5. The number of nitrogens with zero attached hydrogens (tertiary/aromatic N) is 4. The minimum absolute atomic E-state index is 0.137. The molecule has 38 heavy (non-hydrogen) atoms. The van der Waals surface area contributed by atoms with Crippen LogP contribution in [-0.4, -0.2) is 41.0 Å². The second kappa shape index (κ2) is 10.1. The van der Waals surface area contributed by atoms with Gasteiger partial charge in [-0.25, -0.2) is 9.37 Å². The lowest BCUT2D eigenvalue weighted by atomic mass is 10.0. The summed E-state index contributed by atoms with van der Waals surface area (Å²) < 4.78 is 25.5. The summed E-state index contributed by atoms with van der Waals surface area (Å²) in [6.45, 7) is 2.27. The van der Waals surface area contributed by atoms with Crippen LogP contribution in [0.3, 0.4) is 0 Å². The van der Waals surface area contributed by atoms with Crippen LogP contribution in [0.5, 0.6) is 17.4 Å². The number of rotatable bonds is 5. The van der Waals surface area contributed by atoms with Gasteiger partial charge in [0.2, 0.25) is 11.8 Å². The Morgan fingerprint density at radius 1 is 0.895 bits per heavy atom. The largest absolute Gasteiger partial charge is 0.496 e. The van der Waals surface area contributed by atoms with Crippen molar-refractivity contribution in [2.75, 3.05) is 25.1 Å². The lowest BCUT2D eigenvalue weighted by molar-refractivity contribution is 0.0728. The molecule has 0 bridgehead atoms. The summed E-state index contributed by atoms with van der Waals surface area (Å²) >= 11 is 0. The summed E-state index contributed by atoms with van der Waals surface area (Å²) in [4.78, 5) is 27.1. The standard InChI is InChI=1S/C30H27FN4O3/c1-37-27-12-5-4-11-24(27)29(36)34-16-14-26-25(19-34)28(38-23-10-6-9-22(31)17-23)33-30(32-26)35-15-13-20-7-2-3-8-21(20)18-35/h2-12,17H,13-16,18-19H2,1H3. The van der Waals surface area contributed by atoms with Gasteiger partial charge < -0.3 is 19.3 Å². The monoisotopic (exact) mass is 510 g/mol. The minimum atomic E-state index is -0.397. The van der Waals surface area contributed by atoms with E-state index in [4.69, 9.17) is 19.4 Å². The molecule has 0 N–H and O–H groups in total. The number of hydrogen-bond acceptors (Lipinski definition) is 6. The van der Waals surface area contributed by atoms with E-state index in [1.807, 2.05) is 18.2 Å². The summed E-state index contributed by atoms with van der Waals surface area (Å²) in [5.74, 6) is 1.25. The minimum Gasteiger partial charge on any atom is -0.496 e. The van der Waals surface area contributed by atoms with Crippen LogP contribution < -0.4 is 14.4 Å². The van der Waals surface area contributed by atoms with Gasteiger partial charge in [0, 0.05) is 32.1 Å². The van der Waals surface area contributed by atoms with Gasteiger partial charge in [0.15, 0.2) is 0 Å². The van der Waals surface area contributed by atoms with Gasteiger partial charge in [0.05, 0.1) is 30.5 Å². The van der Waals surface area contributed by atoms with Crippen molar-refractivity contribution in [3.05, 3.63) is 107 Å². The first kappa shape index (κ1) is 23.9. The molecule has 0 aliphatic carbocycles. The maximum atomic E-state index is 14.0. The number of halogens is 1.